The molecule has 0 N–H and O–H groups in total. The summed E-state index contributed by atoms with van der Waals surface area (Å²) in [6.07, 6.45) is 6.87. The maximum absolute atomic E-state index is 2.37. The highest BCUT2D eigenvalue weighted by Crippen LogP contribution is 2.28. The first-order valence-electron chi connectivity index (χ1n) is 8.46. The van der Waals surface area contributed by atoms with Crippen LogP contribution in [0.25, 0.3) is 0 Å². The number of benzene rings is 1. The second-order valence-electron chi connectivity index (χ2n) is 4.20. The first-order chi connectivity index (χ1) is 9.38. The van der Waals surface area contributed by atoms with Crippen molar-refractivity contribution in [3.8, 4) is 0 Å². The summed E-state index contributed by atoms with van der Waals surface area (Å²) in [4.78, 5) is 0. The van der Waals surface area contributed by atoms with Crippen molar-refractivity contribution in [2.45, 2.75) is 86.5 Å². The number of hydrogen-bond acceptors (Lipinski definition) is 0. The van der Waals surface area contributed by atoms with E-state index < -0.39 is 0 Å². The monoisotopic (exact) mass is 264 g/mol. The largest absolute Gasteiger partial charge is 0.0683 e. The molecule has 0 aliphatic heterocycles. The van der Waals surface area contributed by atoms with Gasteiger partial charge in [-0.25, -0.2) is 0 Å². The Balaban J connectivity index is 0. The molecule has 1 aliphatic rings. The first kappa shape index (κ1) is 20.5. The van der Waals surface area contributed by atoms with Crippen LogP contribution in [0.3, 0.4) is 0 Å². The van der Waals surface area contributed by atoms with E-state index in [1.165, 1.54) is 32.1 Å². The maximum Gasteiger partial charge on any atom is -0.0188 e. The van der Waals surface area contributed by atoms with Gasteiger partial charge in [0.1, 0.15) is 0 Å². The van der Waals surface area contributed by atoms with Gasteiger partial charge in [-0.2, -0.15) is 0 Å². The van der Waals surface area contributed by atoms with Gasteiger partial charge in [0.05, 0.1) is 0 Å². The van der Waals surface area contributed by atoms with E-state index in [0.29, 0.717) is 0 Å². The van der Waals surface area contributed by atoms with Gasteiger partial charge < -0.3 is 0 Å². The van der Waals surface area contributed by atoms with Gasteiger partial charge in [0, 0.05) is 0 Å². The molecule has 0 amide bonds. The van der Waals surface area contributed by atoms with E-state index in [0.717, 1.165) is 5.92 Å². The molecule has 1 aromatic carbocycles. The van der Waals surface area contributed by atoms with Crippen LogP contribution in [0.4, 0.5) is 0 Å². The van der Waals surface area contributed by atoms with Crippen molar-refractivity contribution in [2.24, 2.45) is 0 Å². The molecular formula is C19H36. The molecule has 0 fully saturated rings. The molecule has 0 nitrogen and oxygen atoms in total. The second kappa shape index (κ2) is 15.3. The van der Waals surface area contributed by atoms with Gasteiger partial charge in [-0.15, -0.1) is 0 Å². The van der Waals surface area contributed by atoms with Crippen LogP contribution in [0.2, 0.25) is 0 Å². The Labute approximate surface area is 122 Å². The summed E-state index contributed by atoms with van der Waals surface area (Å²) in [5, 5.41) is 0. The molecule has 0 saturated heterocycles. The molecule has 0 heteroatoms. The Morgan fingerprint density at radius 2 is 1.37 bits per heavy atom. The normalized spacial score (nSPS) is 16.7. The molecule has 1 unspecified atom stereocenters. The number of fused-ring (bicyclic) bond motifs is 1. The molecule has 0 saturated carbocycles. The average molecular weight is 264 g/mol. The summed E-state index contributed by atoms with van der Waals surface area (Å²) < 4.78 is 0. The van der Waals surface area contributed by atoms with Gasteiger partial charge in [0.2, 0.25) is 0 Å². The predicted molar refractivity (Wildman–Crippen MR) is 91.1 cm³/mol. The Morgan fingerprint density at radius 1 is 0.789 bits per heavy atom. The molecule has 19 heavy (non-hydrogen) atoms. The van der Waals surface area contributed by atoms with Crippen LogP contribution < -0.4 is 0 Å². The molecule has 0 bridgehead atoms. The minimum atomic E-state index is 0.775. The van der Waals surface area contributed by atoms with Gasteiger partial charge in [-0.1, -0.05) is 85.6 Å². The van der Waals surface area contributed by atoms with Crippen molar-refractivity contribution in [2.75, 3.05) is 0 Å². The van der Waals surface area contributed by atoms with E-state index in [1.54, 1.807) is 11.1 Å². The zero-order valence-corrected chi connectivity index (χ0v) is 14.4. The van der Waals surface area contributed by atoms with E-state index in [4.69, 9.17) is 0 Å². The van der Waals surface area contributed by atoms with Crippen LogP contribution in [-0.2, 0) is 6.42 Å². The van der Waals surface area contributed by atoms with Crippen molar-refractivity contribution in [1.82, 2.24) is 0 Å². The van der Waals surface area contributed by atoms with Gasteiger partial charge in [0.15, 0.2) is 0 Å². The third-order valence-corrected chi connectivity index (χ3v) is 3.17. The SMILES string of the molecule is CC.CC.CC.CC1CCCCCc2ccccc21. The van der Waals surface area contributed by atoms with Gasteiger partial charge >= 0.3 is 0 Å². The average Bonchev–Trinajstić information content (AvgIpc) is 2.51. The lowest BCUT2D eigenvalue weighted by Crippen LogP contribution is -2.03. The minimum absolute atomic E-state index is 0.775. The molecular weight excluding hydrogens is 228 g/mol. The van der Waals surface area contributed by atoms with E-state index in [9.17, 15) is 0 Å². The Kier molecular flexibility index (Phi) is 16.5. The fourth-order valence-electron chi connectivity index (χ4n) is 2.34. The summed E-state index contributed by atoms with van der Waals surface area (Å²) in [7, 11) is 0. The van der Waals surface area contributed by atoms with E-state index in [1.807, 2.05) is 41.5 Å². The first-order valence-corrected chi connectivity index (χ1v) is 8.46. The summed E-state index contributed by atoms with van der Waals surface area (Å²) in [5.74, 6) is 0.775. The molecule has 0 spiro atoms. The van der Waals surface area contributed by atoms with E-state index >= 15 is 0 Å². The third kappa shape index (κ3) is 8.08. The Bertz CT molecular complexity index is 275. The minimum Gasteiger partial charge on any atom is -0.0683 e. The highest BCUT2D eigenvalue weighted by atomic mass is 14.2. The molecule has 112 valence electrons. The lowest BCUT2D eigenvalue weighted by atomic mass is 9.86. The highest BCUT2D eigenvalue weighted by molar-refractivity contribution is 5.30. The Hall–Kier alpha value is -0.780. The summed E-state index contributed by atoms with van der Waals surface area (Å²) in [5.41, 5.74) is 3.19. The van der Waals surface area contributed by atoms with Crippen molar-refractivity contribution in [3.05, 3.63) is 35.4 Å². The quantitative estimate of drug-likeness (QED) is 0.474. The van der Waals surface area contributed by atoms with Crippen LogP contribution in [0, 0.1) is 0 Å². The van der Waals surface area contributed by atoms with E-state index in [2.05, 4.69) is 31.2 Å². The van der Waals surface area contributed by atoms with Gasteiger partial charge in [-0.3, -0.25) is 0 Å². The molecule has 2 rings (SSSR count). The lowest BCUT2D eigenvalue weighted by Gasteiger charge is -2.19. The number of aryl methyl sites for hydroxylation is 1. The van der Waals surface area contributed by atoms with E-state index in [-0.39, 0.29) is 0 Å². The molecule has 0 aromatic heterocycles. The zero-order valence-electron chi connectivity index (χ0n) is 14.4. The molecule has 1 atom stereocenters. The standard InChI is InChI=1S/C13H18.3C2H6/c1-11-7-3-2-4-8-12-9-5-6-10-13(11)12;3*1-2/h5-6,9-11H,2-4,7-8H2,1H3;3*1-2H3. The number of hydrogen-bond donors (Lipinski definition) is 0. The molecule has 0 heterocycles. The topological polar surface area (TPSA) is 0 Å². The van der Waals surface area contributed by atoms with Gasteiger partial charge in [-0.05, 0) is 36.3 Å². The zero-order chi connectivity index (χ0) is 15.1. The predicted octanol–water partition coefficient (Wildman–Crippen LogP) is 6.99. The summed E-state index contributed by atoms with van der Waals surface area (Å²) >= 11 is 0. The molecule has 1 aromatic rings. The summed E-state index contributed by atoms with van der Waals surface area (Å²) in [6, 6.07) is 8.96. The summed E-state index contributed by atoms with van der Waals surface area (Å²) in [6.45, 7) is 14.4. The highest BCUT2D eigenvalue weighted by Gasteiger charge is 2.12. The van der Waals surface area contributed by atoms with Crippen LogP contribution in [0.1, 0.15) is 91.2 Å². The van der Waals surface area contributed by atoms with Crippen molar-refractivity contribution in [1.29, 1.82) is 0 Å². The molecule has 0 radical (unpaired) electrons. The lowest BCUT2D eigenvalue weighted by molar-refractivity contribution is 0.559. The molecule has 1 aliphatic carbocycles. The smallest absolute Gasteiger partial charge is 0.0188 e. The second-order valence-corrected chi connectivity index (χ2v) is 4.20. The van der Waals surface area contributed by atoms with Crippen molar-refractivity contribution >= 4 is 0 Å². The van der Waals surface area contributed by atoms with Crippen molar-refractivity contribution in [3.63, 3.8) is 0 Å². The fourth-order valence-corrected chi connectivity index (χ4v) is 2.34. The van der Waals surface area contributed by atoms with Crippen LogP contribution in [-0.4, -0.2) is 0 Å². The van der Waals surface area contributed by atoms with Crippen LogP contribution in [0.15, 0.2) is 24.3 Å². The number of rotatable bonds is 0. The van der Waals surface area contributed by atoms with Gasteiger partial charge in [0.25, 0.3) is 0 Å². The van der Waals surface area contributed by atoms with Crippen molar-refractivity contribution < 1.29 is 0 Å². The van der Waals surface area contributed by atoms with Crippen LogP contribution in [0.5, 0.6) is 0 Å². The maximum atomic E-state index is 2.37. The Morgan fingerprint density at radius 3 is 2.00 bits per heavy atom. The van der Waals surface area contributed by atoms with Crippen LogP contribution >= 0.6 is 0 Å². The third-order valence-electron chi connectivity index (χ3n) is 3.17. The fraction of sp³-hybridized carbons (Fsp3) is 0.684.